The predicted molar refractivity (Wildman–Crippen MR) is 67.7 cm³/mol. The molecule has 6 heteroatoms. The highest BCUT2D eigenvalue weighted by Gasteiger charge is 2.06. The number of amides is 1. The monoisotopic (exact) mass is 260 g/mol. The summed E-state index contributed by atoms with van der Waals surface area (Å²) >= 11 is 3.15. The van der Waals surface area contributed by atoms with Crippen LogP contribution < -0.4 is 5.32 Å². The molecule has 0 spiro atoms. The van der Waals surface area contributed by atoms with Crippen LogP contribution in [0.1, 0.15) is 17.6 Å². The first-order valence-corrected chi connectivity index (χ1v) is 7.04. The van der Waals surface area contributed by atoms with Gasteiger partial charge in [0.1, 0.15) is 0 Å². The van der Waals surface area contributed by atoms with E-state index < -0.39 is 0 Å². The molecule has 0 aliphatic rings. The fourth-order valence-corrected chi connectivity index (χ4v) is 2.53. The van der Waals surface area contributed by atoms with Gasteiger partial charge >= 0.3 is 0 Å². The summed E-state index contributed by atoms with van der Waals surface area (Å²) in [5, 5.41) is 14.5. The Morgan fingerprint density at radius 2 is 2.50 bits per heavy atom. The number of nitrogens with one attached hydrogen (secondary N) is 1. The van der Waals surface area contributed by atoms with E-state index in [2.05, 4.69) is 10.3 Å². The summed E-state index contributed by atoms with van der Waals surface area (Å²) in [6.45, 7) is 3.71. The van der Waals surface area contributed by atoms with Gasteiger partial charge in [-0.1, -0.05) is 0 Å². The maximum Gasteiger partial charge on any atom is 0.230 e. The topological polar surface area (TPSA) is 62.2 Å². The Morgan fingerprint density at radius 1 is 1.75 bits per heavy atom. The molecule has 1 atom stereocenters. The van der Waals surface area contributed by atoms with Gasteiger partial charge in [0.15, 0.2) is 0 Å². The van der Waals surface area contributed by atoms with Crippen molar-refractivity contribution in [2.24, 2.45) is 0 Å². The predicted octanol–water partition coefficient (Wildman–Crippen LogP) is 1.18. The lowest BCUT2D eigenvalue weighted by molar-refractivity contribution is -0.119. The van der Waals surface area contributed by atoms with Crippen molar-refractivity contribution in [1.82, 2.24) is 10.3 Å². The summed E-state index contributed by atoms with van der Waals surface area (Å²) in [5.74, 6) is 1.12. The largest absolute Gasteiger partial charge is 0.394 e. The van der Waals surface area contributed by atoms with Crippen LogP contribution in [0, 0.1) is 6.92 Å². The molecule has 4 nitrogen and oxygen atoms in total. The molecule has 0 saturated heterocycles. The van der Waals surface area contributed by atoms with Gasteiger partial charge in [-0.15, -0.1) is 23.1 Å². The van der Waals surface area contributed by atoms with Crippen LogP contribution in [0.4, 0.5) is 0 Å². The molecule has 1 heterocycles. The number of thioether (sulfide) groups is 1. The van der Waals surface area contributed by atoms with Gasteiger partial charge in [-0.3, -0.25) is 4.79 Å². The smallest absolute Gasteiger partial charge is 0.230 e. The summed E-state index contributed by atoms with van der Waals surface area (Å²) in [7, 11) is 0. The number of hydrogen-bond donors (Lipinski definition) is 2. The molecular formula is C10H16N2O2S2. The number of carbonyl (C=O) groups excluding carboxylic acids is 1. The molecule has 0 saturated carbocycles. The van der Waals surface area contributed by atoms with Crippen molar-refractivity contribution in [1.29, 1.82) is 0 Å². The number of nitrogens with zero attached hydrogens (tertiary/aromatic N) is 1. The first kappa shape index (κ1) is 13.5. The van der Waals surface area contributed by atoms with E-state index in [1.54, 1.807) is 18.3 Å². The molecular weight excluding hydrogens is 244 g/mol. The second-order valence-corrected chi connectivity index (χ2v) is 5.55. The minimum Gasteiger partial charge on any atom is -0.394 e. The average Bonchev–Trinajstić information content (AvgIpc) is 2.64. The number of aromatic nitrogens is 1. The summed E-state index contributed by atoms with van der Waals surface area (Å²) in [6, 6.07) is -0.172. The third-order valence-electron chi connectivity index (χ3n) is 1.83. The van der Waals surface area contributed by atoms with Crippen molar-refractivity contribution in [3.63, 3.8) is 0 Å². The number of aliphatic hydroxyl groups is 1. The van der Waals surface area contributed by atoms with Gasteiger partial charge in [-0.25, -0.2) is 4.98 Å². The van der Waals surface area contributed by atoms with Crippen molar-refractivity contribution in [3.8, 4) is 0 Å². The Hall–Kier alpha value is -0.590. The van der Waals surface area contributed by atoms with Crippen LogP contribution in [-0.2, 0) is 10.5 Å². The summed E-state index contributed by atoms with van der Waals surface area (Å²) in [6.07, 6.45) is 0. The molecule has 0 aliphatic carbocycles. The first-order chi connectivity index (χ1) is 7.61. The average molecular weight is 260 g/mol. The van der Waals surface area contributed by atoms with Crippen LogP contribution in [0.3, 0.4) is 0 Å². The van der Waals surface area contributed by atoms with E-state index in [-0.39, 0.29) is 18.6 Å². The van der Waals surface area contributed by atoms with E-state index >= 15 is 0 Å². The Balaban J connectivity index is 2.18. The highest BCUT2D eigenvalue weighted by Crippen LogP contribution is 2.14. The third-order valence-corrected chi connectivity index (χ3v) is 3.62. The molecule has 90 valence electrons. The molecule has 0 fully saturated rings. The van der Waals surface area contributed by atoms with Gasteiger partial charge in [-0.05, 0) is 13.8 Å². The fourth-order valence-electron chi connectivity index (χ4n) is 1.08. The highest BCUT2D eigenvalue weighted by molar-refractivity contribution is 7.99. The van der Waals surface area contributed by atoms with Crippen LogP contribution in [-0.4, -0.2) is 34.4 Å². The van der Waals surface area contributed by atoms with Crippen LogP contribution in [0.5, 0.6) is 0 Å². The standard InChI is InChI=1S/C10H16N2O2S2/c1-7(3-13)11-10(14)6-15-4-9-5-16-8(2)12-9/h5,7,13H,3-4,6H2,1-2H3,(H,11,14)/t7-/m0/s1. The zero-order chi connectivity index (χ0) is 12.0. The van der Waals surface area contributed by atoms with Gasteiger partial charge in [-0.2, -0.15) is 0 Å². The molecule has 0 unspecified atom stereocenters. The molecule has 0 radical (unpaired) electrons. The van der Waals surface area contributed by atoms with Crippen molar-refractivity contribution >= 4 is 29.0 Å². The molecule has 1 aromatic rings. The third kappa shape index (κ3) is 4.96. The number of carbonyl (C=O) groups is 1. The Kier molecular flexibility index (Phi) is 5.79. The van der Waals surface area contributed by atoms with E-state index in [4.69, 9.17) is 5.11 Å². The maximum atomic E-state index is 11.3. The lowest BCUT2D eigenvalue weighted by Crippen LogP contribution is -2.36. The van der Waals surface area contributed by atoms with Crippen molar-refractivity contribution in [3.05, 3.63) is 16.1 Å². The number of thiazole rings is 1. The molecule has 16 heavy (non-hydrogen) atoms. The number of aryl methyl sites for hydroxylation is 1. The molecule has 0 bridgehead atoms. The number of hydrogen-bond acceptors (Lipinski definition) is 5. The van der Waals surface area contributed by atoms with E-state index in [0.717, 1.165) is 16.5 Å². The first-order valence-electron chi connectivity index (χ1n) is 5.00. The van der Waals surface area contributed by atoms with Crippen LogP contribution >= 0.6 is 23.1 Å². The SMILES string of the molecule is Cc1nc(CSCC(=O)N[C@@H](C)CO)cs1. The summed E-state index contributed by atoms with van der Waals surface area (Å²) in [5.41, 5.74) is 1.02. The molecule has 1 aromatic heterocycles. The van der Waals surface area contributed by atoms with Crippen LogP contribution in [0.25, 0.3) is 0 Å². The van der Waals surface area contributed by atoms with Gasteiger partial charge in [0.2, 0.25) is 5.91 Å². The summed E-state index contributed by atoms with van der Waals surface area (Å²) in [4.78, 5) is 15.7. The minimum atomic E-state index is -0.172. The van der Waals surface area contributed by atoms with Gasteiger partial charge < -0.3 is 10.4 Å². The Morgan fingerprint density at radius 3 is 3.06 bits per heavy atom. The fraction of sp³-hybridized carbons (Fsp3) is 0.600. The second kappa shape index (κ2) is 6.88. The molecule has 1 rings (SSSR count). The number of aliphatic hydroxyl groups excluding tert-OH is 1. The van der Waals surface area contributed by atoms with E-state index in [9.17, 15) is 4.79 Å². The molecule has 0 aliphatic heterocycles. The lowest BCUT2D eigenvalue weighted by atomic mass is 10.4. The van der Waals surface area contributed by atoms with Crippen molar-refractivity contribution in [2.45, 2.75) is 25.6 Å². The summed E-state index contributed by atoms with van der Waals surface area (Å²) < 4.78 is 0. The van der Waals surface area contributed by atoms with Gasteiger partial charge in [0, 0.05) is 17.2 Å². The number of rotatable bonds is 6. The molecule has 1 amide bonds. The molecule has 2 N–H and O–H groups in total. The van der Waals surface area contributed by atoms with Crippen molar-refractivity contribution in [2.75, 3.05) is 12.4 Å². The zero-order valence-electron chi connectivity index (χ0n) is 9.40. The van der Waals surface area contributed by atoms with Crippen LogP contribution in [0.15, 0.2) is 5.38 Å². The zero-order valence-corrected chi connectivity index (χ0v) is 11.0. The van der Waals surface area contributed by atoms with Gasteiger partial charge in [0.25, 0.3) is 0 Å². The van der Waals surface area contributed by atoms with Crippen molar-refractivity contribution < 1.29 is 9.90 Å². The lowest BCUT2D eigenvalue weighted by Gasteiger charge is -2.09. The van der Waals surface area contributed by atoms with Gasteiger partial charge in [0.05, 0.1) is 23.1 Å². The minimum absolute atomic E-state index is 0.0261. The molecule has 0 aromatic carbocycles. The van der Waals surface area contributed by atoms with E-state index in [0.29, 0.717) is 5.75 Å². The Bertz CT molecular complexity index is 341. The maximum absolute atomic E-state index is 11.3. The second-order valence-electron chi connectivity index (χ2n) is 3.50. The normalized spacial score (nSPS) is 12.4. The van der Waals surface area contributed by atoms with E-state index in [1.807, 2.05) is 12.3 Å². The van der Waals surface area contributed by atoms with E-state index in [1.165, 1.54) is 11.8 Å². The van der Waals surface area contributed by atoms with Crippen LogP contribution in [0.2, 0.25) is 0 Å². The quantitative estimate of drug-likeness (QED) is 0.806. The Labute approximate surface area is 103 Å². The highest BCUT2D eigenvalue weighted by atomic mass is 32.2.